The van der Waals surface area contributed by atoms with Crippen LogP contribution in [0.3, 0.4) is 0 Å². The number of alkyl halides is 3. The summed E-state index contributed by atoms with van der Waals surface area (Å²) < 4.78 is 40.2. The molecule has 0 saturated heterocycles. The quantitative estimate of drug-likeness (QED) is 0.385. The topological polar surface area (TPSA) is 113 Å². The van der Waals surface area contributed by atoms with Crippen LogP contribution in [0, 0.1) is 6.92 Å². The van der Waals surface area contributed by atoms with Crippen molar-refractivity contribution >= 4 is 29.2 Å². The van der Waals surface area contributed by atoms with Crippen molar-refractivity contribution in [1.82, 2.24) is 20.5 Å². The molecule has 0 saturated carbocycles. The van der Waals surface area contributed by atoms with E-state index in [0.717, 1.165) is 17.7 Å². The molecule has 0 bridgehead atoms. The number of nitrogens with one attached hydrogen (secondary N) is 4. The Bertz CT molecular complexity index is 1010. The van der Waals surface area contributed by atoms with Gasteiger partial charge in [-0.1, -0.05) is 6.07 Å². The normalized spacial score (nSPS) is 10.9. The number of aryl methyl sites for hydroxylation is 1. The van der Waals surface area contributed by atoms with Gasteiger partial charge in [-0.15, -0.1) is 23.4 Å². The molecule has 3 rings (SSSR count). The largest absolute Gasteiger partial charge is 0.573 e. The van der Waals surface area contributed by atoms with Crippen molar-refractivity contribution in [3.63, 3.8) is 0 Å². The highest BCUT2D eigenvalue weighted by atomic mass is 19.4. The van der Waals surface area contributed by atoms with Crippen LogP contribution in [0.1, 0.15) is 5.56 Å². The van der Waals surface area contributed by atoms with Gasteiger partial charge < -0.3 is 26.0 Å². The molecule has 0 spiro atoms. The Kier molecular flexibility index (Phi) is 7.26. The summed E-state index contributed by atoms with van der Waals surface area (Å²) in [6.45, 7) is 2.60. The summed E-state index contributed by atoms with van der Waals surface area (Å²) in [5, 5.41) is 19.3. The first-order chi connectivity index (χ1) is 15.3. The molecule has 0 atom stereocenters. The average Bonchev–Trinajstić information content (AvgIpc) is 2.74. The van der Waals surface area contributed by atoms with E-state index in [-0.39, 0.29) is 12.3 Å². The summed E-state index contributed by atoms with van der Waals surface area (Å²) in [6, 6.07) is 11.5. The van der Waals surface area contributed by atoms with Crippen molar-refractivity contribution < 1.29 is 22.7 Å². The smallest absolute Gasteiger partial charge is 0.406 e. The lowest BCUT2D eigenvalue weighted by molar-refractivity contribution is -0.274. The maximum atomic E-state index is 12.1. The zero-order valence-corrected chi connectivity index (χ0v) is 16.9. The van der Waals surface area contributed by atoms with Crippen molar-refractivity contribution in [1.29, 1.82) is 0 Å². The molecule has 2 amide bonds. The molecule has 0 aliphatic carbocycles. The standard InChI is InChI=1S/C20H20F3N7O2/c1-13-2-7-16(26-12-13)28-18-9-8-17(29-30-18)24-10-11-25-19(31)27-14-3-5-15(6-4-14)32-20(21,22)23/h2-9,12H,10-11H2,1H3,(H,24,29)(H2,25,27,31)(H,26,28,30). The molecular weight excluding hydrogens is 427 g/mol. The second-order valence-electron chi connectivity index (χ2n) is 6.53. The van der Waals surface area contributed by atoms with E-state index in [9.17, 15) is 18.0 Å². The molecule has 4 N–H and O–H groups in total. The molecule has 9 nitrogen and oxygen atoms in total. The Balaban J connectivity index is 1.36. The van der Waals surface area contributed by atoms with Crippen molar-refractivity contribution in [2.24, 2.45) is 0 Å². The van der Waals surface area contributed by atoms with E-state index in [4.69, 9.17) is 0 Å². The second-order valence-corrected chi connectivity index (χ2v) is 6.53. The lowest BCUT2D eigenvalue weighted by Gasteiger charge is -2.11. The van der Waals surface area contributed by atoms with E-state index < -0.39 is 12.4 Å². The van der Waals surface area contributed by atoms with E-state index in [2.05, 4.69) is 41.2 Å². The summed E-state index contributed by atoms with van der Waals surface area (Å²) in [4.78, 5) is 16.1. The van der Waals surface area contributed by atoms with Crippen molar-refractivity contribution in [3.8, 4) is 5.75 Å². The highest BCUT2D eigenvalue weighted by molar-refractivity contribution is 5.89. The first-order valence-corrected chi connectivity index (χ1v) is 9.45. The minimum absolute atomic E-state index is 0.274. The molecule has 2 heterocycles. The second kappa shape index (κ2) is 10.3. The number of halogens is 3. The minimum Gasteiger partial charge on any atom is -0.406 e. The van der Waals surface area contributed by atoms with Gasteiger partial charge in [-0.25, -0.2) is 9.78 Å². The van der Waals surface area contributed by atoms with Gasteiger partial charge in [0.05, 0.1) is 0 Å². The molecule has 0 fully saturated rings. The van der Waals surface area contributed by atoms with Crippen molar-refractivity contribution in [3.05, 3.63) is 60.3 Å². The van der Waals surface area contributed by atoms with E-state index in [0.29, 0.717) is 29.7 Å². The molecule has 32 heavy (non-hydrogen) atoms. The van der Waals surface area contributed by atoms with Crippen LogP contribution in [-0.4, -0.2) is 40.7 Å². The van der Waals surface area contributed by atoms with Gasteiger partial charge in [0, 0.05) is 25.0 Å². The number of hydrogen-bond acceptors (Lipinski definition) is 7. The Labute approximate surface area is 181 Å². The first-order valence-electron chi connectivity index (χ1n) is 9.45. The van der Waals surface area contributed by atoms with Crippen LogP contribution in [0.25, 0.3) is 0 Å². The zero-order chi connectivity index (χ0) is 23.0. The number of nitrogens with zero attached hydrogens (tertiary/aromatic N) is 3. The lowest BCUT2D eigenvalue weighted by atomic mass is 10.3. The number of carbonyl (C=O) groups excluding carboxylic acids is 1. The number of hydrogen-bond donors (Lipinski definition) is 4. The molecule has 3 aromatic rings. The number of carbonyl (C=O) groups is 1. The number of benzene rings is 1. The van der Waals surface area contributed by atoms with Crippen LogP contribution in [-0.2, 0) is 0 Å². The van der Waals surface area contributed by atoms with Crippen LogP contribution in [0.15, 0.2) is 54.7 Å². The van der Waals surface area contributed by atoms with Crippen LogP contribution < -0.4 is 26.0 Å². The number of urea groups is 1. The highest BCUT2D eigenvalue weighted by Crippen LogP contribution is 2.23. The fraction of sp³-hybridized carbons (Fsp3) is 0.200. The van der Waals surface area contributed by atoms with Crippen LogP contribution >= 0.6 is 0 Å². The van der Waals surface area contributed by atoms with E-state index >= 15 is 0 Å². The summed E-state index contributed by atoms with van der Waals surface area (Å²) in [5.74, 6) is 1.35. The average molecular weight is 447 g/mol. The Hall–Kier alpha value is -4.09. The molecule has 12 heteroatoms. The van der Waals surface area contributed by atoms with Gasteiger partial charge in [0.1, 0.15) is 17.4 Å². The third-order valence-electron chi connectivity index (χ3n) is 3.89. The van der Waals surface area contributed by atoms with Gasteiger partial charge in [-0.2, -0.15) is 0 Å². The number of anilines is 4. The van der Waals surface area contributed by atoms with Gasteiger partial charge in [0.25, 0.3) is 0 Å². The molecule has 0 aliphatic heterocycles. The summed E-state index contributed by atoms with van der Waals surface area (Å²) >= 11 is 0. The molecule has 1 aromatic carbocycles. The number of pyridine rings is 1. The third kappa shape index (κ3) is 7.63. The predicted octanol–water partition coefficient (Wildman–Crippen LogP) is 4.06. The van der Waals surface area contributed by atoms with E-state index in [1.54, 1.807) is 18.3 Å². The molecular formula is C20H20F3N7O2. The fourth-order valence-electron chi connectivity index (χ4n) is 2.45. The van der Waals surface area contributed by atoms with Crippen molar-refractivity contribution in [2.45, 2.75) is 13.3 Å². The van der Waals surface area contributed by atoms with Crippen LogP contribution in [0.4, 0.5) is 41.1 Å². The zero-order valence-electron chi connectivity index (χ0n) is 16.9. The van der Waals surface area contributed by atoms with E-state index in [1.807, 2.05) is 19.1 Å². The van der Waals surface area contributed by atoms with Crippen LogP contribution in [0.5, 0.6) is 5.75 Å². The molecule has 2 aromatic heterocycles. The number of amides is 2. The predicted molar refractivity (Wildman–Crippen MR) is 113 cm³/mol. The third-order valence-corrected chi connectivity index (χ3v) is 3.89. The van der Waals surface area contributed by atoms with Gasteiger partial charge in [0.2, 0.25) is 0 Å². The van der Waals surface area contributed by atoms with E-state index in [1.165, 1.54) is 12.1 Å². The number of aromatic nitrogens is 3. The molecule has 168 valence electrons. The Morgan fingerprint density at radius 3 is 2.25 bits per heavy atom. The Morgan fingerprint density at radius 2 is 1.62 bits per heavy atom. The Morgan fingerprint density at radius 1 is 0.938 bits per heavy atom. The fourth-order valence-corrected chi connectivity index (χ4v) is 2.45. The van der Waals surface area contributed by atoms with Crippen molar-refractivity contribution in [2.75, 3.05) is 29.0 Å². The molecule has 0 radical (unpaired) electrons. The maximum Gasteiger partial charge on any atom is 0.573 e. The SMILES string of the molecule is Cc1ccc(Nc2ccc(NCCNC(=O)Nc3ccc(OC(F)(F)F)cc3)nn2)nc1. The maximum absolute atomic E-state index is 12.1. The molecule has 0 unspecified atom stereocenters. The number of rotatable bonds is 8. The minimum atomic E-state index is -4.77. The molecule has 0 aliphatic rings. The van der Waals surface area contributed by atoms with Gasteiger partial charge in [0.15, 0.2) is 5.82 Å². The van der Waals surface area contributed by atoms with Gasteiger partial charge in [-0.3, -0.25) is 0 Å². The lowest BCUT2D eigenvalue weighted by Crippen LogP contribution is -2.32. The summed E-state index contributed by atoms with van der Waals surface area (Å²) in [7, 11) is 0. The van der Waals surface area contributed by atoms with Gasteiger partial charge in [-0.05, 0) is 55.0 Å². The highest BCUT2D eigenvalue weighted by Gasteiger charge is 2.30. The monoisotopic (exact) mass is 447 g/mol. The first kappa shape index (κ1) is 22.6. The number of ether oxygens (including phenoxy) is 1. The summed E-state index contributed by atoms with van der Waals surface area (Å²) in [5.41, 5.74) is 1.37. The van der Waals surface area contributed by atoms with Gasteiger partial charge >= 0.3 is 12.4 Å². The summed E-state index contributed by atoms with van der Waals surface area (Å²) in [6.07, 6.45) is -3.02. The van der Waals surface area contributed by atoms with Crippen LogP contribution in [0.2, 0.25) is 0 Å².